The van der Waals surface area contributed by atoms with E-state index >= 15 is 0 Å². The number of ether oxygens (including phenoxy) is 2. The lowest BCUT2D eigenvalue weighted by molar-refractivity contribution is -0.123. The third kappa shape index (κ3) is 4.71. The molecule has 0 spiro atoms. The number of rotatable bonds is 7. The molecule has 1 heterocycles. The van der Waals surface area contributed by atoms with Crippen LogP contribution >= 0.6 is 23.2 Å². The highest BCUT2D eigenvalue weighted by Crippen LogP contribution is 2.59. The standard InChI is InChI=1S/C30H24Cl2N2O6/c31-26-21-14-22(27(26)32)25-24(21)28(36)34(29(25)37)18-10-6-16(7-11-18)30(38)39-15-23(35)33-17-8-12-20(13-9-17)40-19-4-2-1-3-5-19/h1-13,21-22,24-27H,14-15H2,(H,33,35)/t21-,22-,24-,25+,26+,27+/m1/s1. The Morgan fingerprint density at radius 2 is 1.38 bits per heavy atom. The van der Waals surface area contributed by atoms with E-state index in [-0.39, 0.29) is 40.0 Å². The van der Waals surface area contributed by atoms with Gasteiger partial charge in [0.1, 0.15) is 11.5 Å². The van der Waals surface area contributed by atoms with Gasteiger partial charge in [0, 0.05) is 5.69 Å². The van der Waals surface area contributed by atoms with Crippen LogP contribution in [0.3, 0.4) is 0 Å². The van der Waals surface area contributed by atoms with Crippen molar-refractivity contribution in [3.63, 3.8) is 0 Å². The first kappa shape index (κ1) is 26.3. The maximum absolute atomic E-state index is 13.1. The molecule has 3 aromatic rings. The zero-order valence-electron chi connectivity index (χ0n) is 21.0. The molecule has 8 nitrogen and oxygen atoms in total. The summed E-state index contributed by atoms with van der Waals surface area (Å²) in [5, 5.41) is 2.01. The van der Waals surface area contributed by atoms with Crippen molar-refractivity contribution >= 4 is 58.3 Å². The minimum Gasteiger partial charge on any atom is -0.457 e. The molecule has 6 rings (SSSR count). The van der Waals surface area contributed by atoms with Gasteiger partial charge in [0.05, 0.1) is 33.8 Å². The molecule has 204 valence electrons. The molecular formula is C30H24Cl2N2O6. The minimum absolute atomic E-state index is 0.110. The Balaban J connectivity index is 1.02. The Bertz CT molecular complexity index is 1430. The molecule has 6 atom stereocenters. The number of nitrogens with one attached hydrogen (secondary N) is 1. The predicted molar refractivity (Wildman–Crippen MR) is 149 cm³/mol. The van der Waals surface area contributed by atoms with Crippen LogP contribution in [0.4, 0.5) is 11.4 Å². The highest BCUT2D eigenvalue weighted by atomic mass is 35.5. The van der Waals surface area contributed by atoms with Gasteiger partial charge < -0.3 is 14.8 Å². The number of carbonyl (C=O) groups is 4. The lowest BCUT2D eigenvalue weighted by Crippen LogP contribution is -2.37. The number of imide groups is 1. The van der Waals surface area contributed by atoms with Crippen molar-refractivity contribution in [2.75, 3.05) is 16.8 Å². The van der Waals surface area contributed by atoms with Crippen LogP contribution in [0.2, 0.25) is 0 Å². The van der Waals surface area contributed by atoms with Crippen LogP contribution < -0.4 is 15.0 Å². The first-order valence-corrected chi connectivity index (χ1v) is 13.7. The Morgan fingerprint density at radius 1 is 0.800 bits per heavy atom. The van der Waals surface area contributed by atoms with Crippen LogP contribution in [-0.4, -0.2) is 41.1 Å². The first-order valence-electron chi connectivity index (χ1n) is 12.9. The average molecular weight is 579 g/mol. The second kappa shape index (κ2) is 10.6. The van der Waals surface area contributed by atoms with E-state index in [1.807, 2.05) is 30.3 Å². The molecule has 1 saturated heterocycles. The monoisotopic (exact) mass is 578 g/mol. The van der Waals surface area contributed by atoms with Gasteiger partial charge in [-0.25, -0.2) is 4.79 Å². The first-order chi connectivity index (χ1) is 19.3. The summed E-state index contributed by atoms with van der Waals surface area (Å²) < 4.78 is 10.9. The molecule has 3 amide bonds. The minimum atomic E-state index is -0.711. The topological polar surface area (TPSA) is 102 Å². The number of fused-ring (bicyclic) bond motifs is 5. The summed E-state index contributed by atoms with van der Waals surface area (Å²) in [5.41, 5.74) is 1.07. The Morgan fingerprint density at radius 3 is 1.98 bits per heavy atom. The Hall–Kier alpha value is -3.88. The van der Waals surface area contributed by atoms with Gasteiger partial charge in [0.25, 0.3) is 5.91 Å². The number of nitrogens with zero attached hydrogens (tertiary/aromatic N) is 1. The molecule has 10 heteroatoms. The van der Waals surface area contributed by atoms with Gasteiger partial charge in [-0.3, -0.25) is 19.3 Å². The van der Waals surface area contributed by atoms with Gasteiger partial charge >= 0.3 is 5.97 Å². The van der Waals surface area contributed by atoms with E-state index in [0.29, 0.717) is 29.3 Å². The third-order valence-electron chi connectivity index (χ3n) is 7.80. The fourth-order valence-corrected chi connectivity index (χ4v) is 6.89. The van der Waals surface area contributed by atoms with E-state index in [4.69, 9.17) is 32.7 Å². The van der Waals surface area contributed by atoms with Crippen LogP contribution in [0.5, 0.6) is 11.5 Å². The number of anilines is 2. The van der Waals surface area contributed by atoms with Crippen molar-refractivity contribution in [3.8, 4) is 11.5 Å². The van der Waals surface area contributed by atoms with E-state index in [1.54, 1.807) is 24.3 Å². The van der Waals surface area contributed by atoms with Crippen molar-refractivity contribution in [1.29, 1.82) is 0 Å². The highest BCUT2D eigenvalue weighted by molar-refractivity contribution is 6.32. The summed E-state index contributed by atoms with van der Waals surface area (Å²) >= 11 is 12.8. The number of carbonyl (C=O) groups excluding carboxylic acids is 4. The molecule has 3 aliphatic rings. The molecule has 3 fully saturated rings. The van der Waals surface area contributed by atoms with E-state index in [1.165, 1.54) is 29.2 Å². The van der Waals surface area contributed by atoms with Crippen molar-refractivity contribution in [1.82, 2.24) is 0 Å². The third-order valence-corrected chi connectivity index (χ3v) is 9.12. The Labute approximate surface area is 240 Å². The number of hydrogen-bond acceptors (Lipinski definition) is 6. The molecule has 1 N–H and O–H groups in total. The van der Waals surface area contributed by atoms with Crippen LogP contribution in [0.1, 0.15) is 16.8 Å². The zero-order chi connectivity index (χ0) is 28.0. The quantitative estimate of drug-likeness (QED) is 0.233. The van der Waals surface area contributed by atoms with E-state index in [2.05, 4.69) is 5.32 Å². The second-order valence-electron chi connectivity index (χ2n) is 10.1. The van der Waals surface area contributed by atoms with Crippen LogP contribution in [0.25, 0.3) is 0 Å². The van der Waals surface area contributed by atoms with Crippen LogP contribution in [0, 0.1) is 23.7 Å². The highest BCUT2D eigenvalue weighted by Gasteiger charge is 2.66. The van der Waals surface area contributed by atoms with Crippen molar-refractivity contribution in [2.45, 2.75) is 17.2 Å². The summed E-state index contributed by atoms with van der Waals surface area (Å²) in [6.45, 7) is -0.489. The smallest absolute Gasteiger partial charge is 0.338 e. The molecule has 0 radical (unpaired) electrons. The van der Waals surface area contributed by atoms with Gasteiger partial charge in [-0.15, -0.1) is 23.2 Å². The van der Waals surface area contributed by atoms with Crippen molar-refractivity contribution in [3.05, 3.63) is 84.4 Å². The van der Waals surface area contributed by atoms with E-state index < -0.39 is 30.3 Å². The number of alkyl halides is 2. The van der Waals surface area contributed by atoms with Crippen molar-refractivity contribution in [2.24, 2.45) is 23.7 Å². The van der Waals surface area contributed by atoms with Gasteiger partial charge in [-0.2, -0.15) is 0 Å². The molecule has 0 unspecified atom stereocenters. The normalized spacial score (nSPS) is 26.5. The second-order valence-corrected chi connectivity index (χ2v) is 11.1. The van der Waals surface area contributed by atoms with Gasteiger partial charge in [0.2, 0.25) is 11.8 Å². The number of hydrogen-bond donors (Lipinski definition) is 1. The number of benzene rings is 3. The molecule has 2 aliphatic carbocycles. The SMILES string of the molecule is O=C(COC(=O)c1ccc(N2C(=O)[C@@H]3[C@H]4C[C@@H]([C@H](Cl)[C@H]4Cl)[C@@H]3C2=O)cc1)Nc1ccc(Oc2ccccc2)cc1. The molecule has 2 saturated carbocycles. The van der Waals surface area contributed by atoms with E-state index in [0.717, 1.165) is 0 Å². The fraction of sp³-hybridized carbons (Fsp3) is 0.267. The van der Waals surface area contributed by atoms with Gasteiger partial charge in [0.15, 0.2) is 6.61 Å². The molecule has 0 aromatic heterocycles. The lowest BCUT2D eigenvalue weighted by atomic mass is 9.80. The molecule has 40 heavy (non-hydrogen) atoms. The predicted octanol–water partition coefficient (Wildman–Crippen LogP) is 5.24. The summed E-state index contributed by atoms with van der Waals surface area (Å²) in [6.07, 6.45) is 0.690. The van der Waals surface area contributed by atoms with E-state index in [9.17, 15) is 19.2 Å². The summed E-state index contributed by atoms with van der Waals surface area (Å²) in [6, 6.07) is 22.0. The lowest BCUT2D eigenvalue weighted by Gasteiger charge is -2.28. The average Bonchev–Trinajstić information content (AvgIpc) is 3.58. The van der Waals surface area contributed by atoms with Gasteiger partial charge in [-0.05, 0) is 78.9 Å². The maximum Gasteiger partial charge on any atom is 0.338 e. The van der Waals surface area contributed by atoms with Crippen LogP contribution in [-0.2, 0) is 19.1 Å². The van der Waals surface area contributed by atoms with Crippen LogP contribution in [0.15, 0.2) is 78.9 Å². The summed E-state index contributed by atoms with van der Waals surface area (Å²) in [4.78, 5) is 52.3. The molecule has 2 bridgehead atoms. The van der Waals surface area contributed by atoms with Gasteiger partial charge in [-0.1, -0.05) is 18.2 Å². The molecule has 3 aromatic carbocycles. The number of amides is 3. The largest absolute Gasteiger partial charge is 0.457 e. The number of halogens is 2. The summed E-state index contributed by atoms with van der Waals surface area (Å²) in [7, 11) is 0. The van der Waals surface area contributed by atoms with Crippen molar-refractivity contribution < 1.29 is 28.7 Å². The maximum atomic E-state index is 13.1. The zero-order valence-corrected chi connectivity index (χ0v) is 22.5. The summed E-state index contributed by atoms with van der Waals surface area (Å²) in [5.74, 6) is -1.59. The fourth-order valence-electron chi connectivity index (χ4n) is 5.99. The molecule has 1 aliphatic heterocycles. The molecular weight excluding hydrogens is 555 g/mol. The number of esters is 1. The Kier molecular flexibility index (Phi) is 6.98. The number of para-hydroxylation sites is 1.